The van der Waals surface area contributed by atoms with Crippen LogP contribution < -0.4 is 5.32 Å². The van der Waals surface area contributed by atoms with Crippen molar-refractivity contribution in [2.45, 2.75) is 6.92 Å². The lowest BCUT2D eigenvalue weighted by atomic mass is 10.2. The number of aryl methyl sites for hydroxylation is 1. The summed E-state index contributed by atoms with van der Waals surface area (Å²) in [4.78, 5) is 15.3. The molecule has 5 nitrogen and oxygen atoms in total. The molecule has 0 saturated carbocycles. The SMILES string of the molecule is Cc1nnc(NC(=O)c2cc(F)c(Cl)nc2Cl)s1. The van der Waals surface area contributed by atoms with Crippen molar-refractivity contribution in [3.05, 3.63) is 32.8 Å². The number of hydrogen-bond acceptors (Lipinski definition) is 5. The molecule has 2 rings (SSSR count). The molecule has 0 saturated heterocycles. The molecule has 2 aromatic heterocycles. The molecule has 0 aliphatic heterocycles. The fraction of sp³-hybridized carbons (Fsp3) is 0.111. The maximum absolute atomic E-state index is 13.2. The van der Waals surface area contributed by atoms with E-state index in [0.717, 1.165) is 6.07 Å². The minimum Gasteiger partial charge on any atom is -0.296 e. The van der Waals surface area contributed by atoms with Gasteiger partial charge in [0.25, 0.3) is 5.91 Å². The largest absolute Gasteiger partial charge is 0.296 e. The van der Waals surface area contributed by atoms with Crippen molar-refractivity contribution >= 4 is 45.6 Å². The predicted molar refractivity (Wildman–Crippen MR) is 66.8 cm³/mol. The summed E-state index contributed by atoms with van der Waals surface area (Å²) in [6.07, 6.45) is 0. The van der Waals surface area contributed by atoms with Crippen molar-refractivity contribution in [2.75, 3.05) is 5.32 Å². The number of anilines is 1. The molecule has 0 aliphatic carbocycles. The molecule has 0 unspecified atom stereocenters. The summed E-state index contributed by atoms with van der Waals surface area (Å²) >= 11 is 12.3. The Morgan fingerprint density at radius 2 is 2.11 bits per heavy atom. The average Bonchev–Trinajstić information content (AvgIpc) is 2.69. The highest BCUT2D eigenvalue weighted by atomic mass is 35.5. The fourth-order valence-electron chi connectivity index (χ4n) is 1.12. The molecule has 9 heteroatoms. The second kappa shape index (κ2) is 5.13. The number of nitrogens with one attached hydrogen (secondary N) is 1. The van der Waals surface area contributed by atoms with Gasteiger partial charge in [-0.3, -0.25) is 10.1 Å². The van der Waals surface area contributed by atoms with Gasteiger partial charge < -0.3 is 0 Å². The third kappa shape index (κ3) is 2.74. The lowest BCUT2D eigenvalue weighted by molar-refractivity contribution is 0.102. The molecule has 2 aromatic rings. The summed E-state index contributed by atoms with van der Waals surface area (Å²) < 4.78 is 13.2. The molecule has 94 valence electrons. The number of aromatic nitrogens is 3. The van der Waals surface area contributed by atoms with Gasteiger partial charge in [0, 0.05) is 0 Å². The first kappa shape index (κ1) is 13.1. The van der Waals surface area contributed by atoms with Crippen LogP contribution in [0.15, 0.2) is 6.07 Å². The topological polar surface area (TPSA) is 67.8 Å². The summed E-state index contributed by atoms with van der Waals surface area (Å²) in [5.41, 5.74) is -0.119. The number of rotatable bonds is 2. The first-order chi connectivity index (χ1) is 8.47. The Balaban J connectivity index is 2.26. The van der Waals surface area contributed by atoms with Gasteiger partial charge in [-0.15, -0.1) is 10.2 Å². The van der Waals surface area contributed by atoms with Crippen LogP contribution >= 0.6 is 34.5 Å². The standard InChI is InChI=1S/C9H5Cl2FN4OS/c1-3-15-16-9(18-3)14-8(17)4-2-5(12)7(11)13-6(4)10/h2H,1H3,(H,14,16,17). The summed E-state index contributed by atoms with van der Waals surface area (Å²) in [5, 5.41) is 10.3. The van der Waals surface area contributed by atoms with Crippen molar-refractivity contribution in [3.63, 3.8) is 0 Å². The second-order valence-corrected chi connectivity index (χ2v) is 5.08. The third-order valence-electron chi connectivity index (χ3n) is 1.88. The van der Waals surface area contributed by atoms with Crippen LogP contribution in [0.3, 0.4) is 0 Å². The van der Waals surface area contributed by atoms with Crippen molar-refractivity contribution in [2.24, 2.45) is 0 Å². The van der Waals surface area contributed by atoms with Crippen LogP contribution in [0, 0.1) is 12.7 Å². The molecule has 0 atom stereocenters. The van der Waals surface area contributed by atoms with Gasteiger partial charge in [-0.1, -0.05) is 34.5 Å². The highest BCUT2D eigenvalue weighted by Gasteiger charge is 2.17. The van der Waals surface area contributed by atoms with Crippen molar-refractivity contribution in [1.29, 1.82) is 0 Å². The number of carbonyl (C=O) groups excluding carboxylic acids is 1. The zero-order valence-electron chi connectivity index (χ0n) is 8.87. The van der Waals surface area contributed by atoms with Gasteiger partial charge in [-0.2, -0.15) is 0 Å². The van der Waals surface area contributed by atoms with Gasteiger partial charge in [0.1, 0.15) is 10.2 Å². The van der Waals surface area contributed by atoms with Crippen molar-refractivity contribution < 1.29 is 9.18 Å². The van der Waals surface area contributed by atoms with Crippen molar-refractivity contribution in [1.82, 2.24) is 15.2 Å². The van der Waals surface area contributed by atoms with Gasteiger partial charge in [-0.25, -0.2) is 9.37 Å². The highest BCUT2D eigenvalue weighted by Crippen LogP contribution is 2.22. The first-order valence-corrected chi connectivity index (χ1v) is 6.17. The van der Waals surface area contributed by atoms with Crippen LogP contribution in [-0.4, -0.2) is 21.1 Å². The molecule has 0 spiro atoms. The van der Waals surface area contributed by atoms with Crippen LogP contribution in [0.4, 0.5) is 9.52 Å². The van der Waals surface area contributed by atoms with E-state index >= 15 is 0 Å². The van der Waals surface area contributed by atoms with E-state index in [2.05, 4.69) is 20.5 Å². The lowest BCUT2D eigenvalue weighted by Crippen LogP contribution is -2.13. The number of pyridine rings is 1. The normalized spacial score (nSPS) is 10.4. The van der Waals surface area contributed by atoms with E-state index in [-0.39, 0.29) is 15.9 Å². The summed E-state index contributed by atoms with van der Waals surface area (Å²) in [6.45, 7) is 1.74. The Labute approximate surface area is 115 Å². The number of halogens is 3. The van der Waals surface area contributed by atoms with Crippen LogP contribution in [0.5, 0.6) is 0 Å². The molecule has 0 aromatic carbocycles. The van der Waals surface area contributed by atoms with Gasteiger partial charge in [0.15, 0.2) is 11.0 Å². The van der Waals surface area contributed by atoms with Crippen LogP contribution in [0.1, 0.15) is 15.4 Å². The zero-order valence-corrected chi connectivity index (χ0v) is 11.2. The Kier molecular flexibility index (Phi) is 3.74. The maximum Gasteiger partial charge on any atom is 0.260 e. The summed E-state index contributed by atoms with van der Waals surface area (Å²) in [6, 6.07) is 0.918. The van der Waals surface area contributed by atoms with Gasteiger partial charge in [0.2, 0.25) is 5.13 Å². The van der Waals surface area contributed by atoms with E-state index in [9.17, 15) is 9.18 Å². The van der Waals surface area contributed by atoms with Crippen LogP contribution in [-0.2, 0) is 0 Å². The molecule has 0 aliphatic rings. The Morgan fingerprint density at radius 3 is 2.72 bits per heavy atom. The number of amides is 1. The lowest BCUT2D eigenvalue weighted by Gasteiger charge is -2.04. The second-order valence-electron chi connectivity index (χ2n) is 3.18. The Hall–Kier alpha value is -1.31. The Morgan fingerprint density at radius 1 is 1.39 bits per heavy atom. The number of carbonyl (C=O) groups is 1. The minimum atomic E-state index is -0.820. The van der Waals surface area contributed by atoms with E-state index in [1.54, 1.807) is 6.92 Å². The zero-order chi connectivity index (χ0) is 13.3. The molecule has 0 bridgehead atoms. The van der Waals surface area contributed by atoms with Gasteiger partial charge in [0.05, 0.1) is 5.56 Å². The molecular weight excluding hydrogens is 302 g/mol. The Bertz CT molecular complexity index is 619. The average molecular weight is 307 g/mol. The monoisotopic (exact) mass is 306 g/mol. The molecule has 1 N–H and O–H groups in total. The molecule has 2 heterocycles. The summed E-state index contributed by atoms with van der Waals surface area (Å²) in [5.74, 6) is -1.45. The molecular formula is C9H5Cl2FN4OS. The van der Waals surface area contributed by atoms with Gasteiger partial charge in [-0.05, 0) is 13.0 Å². The minimum absolute atomic E-state index is 0.119. The number of hydrogen-bond donors (Lipinski definition) is 1. The van der Waals surface area contributed by atoms with Crippen LogP contribution in [0.2, 0.25) is 10.3 Å². The first-order valence-electron chi connectivity index (χ1n) is 4.60. The fourth-order valence-corrected chi connectivity index (χ4v) is 2.11. The van der Waals surface area contributed by atoms with Crippen LogP contribution in [0.25, 0.3) is 0 Å². The quantitative estimate of drug-likeness (QED) is 0.866. The van der Waals surface area contributed by atoms with E-state index in [1.165, 1.54) is 11.3 Å². The van der Waals surface area contributed by atoms with E-state index in [1.807, 2.05) is 0 Å². The van der Waals surface area contributed by atoms with E-state index in [0.29, 0.717) is 10.1 Å². The number of nitrogens with zero attached hydrogens (tertiary/aromatic N) is 3. The molecule has 0 radical (unpaired) electrons. The summed E-state index contributed by atoms with van der Waals surface area (Å²) in [7, 11) is 0. The highest BCUT2D eigenvalue weighted by molar-refractivity contribution is 7.15. The molecule has 1 amide bonds. The van der Waals surface area contributed by atoms with E-state index in [4.69, 9.17) is 23.2 Å². The maximum atomic E-state index is 13.2. The smallest absolute Gasteiger partial charge is 0.260 e. The molecule has 0 fully saturated rings. The molecule has 18 heavy (non-hydrogen) atoms. The van der Waals surface area contributed by atoms with E-state index < -0.39 is 11.7 Å². The predicted octanol–water partition coefficient (Wildman–Crippen LogP) is 2.94. The third-order valence-corrected chi connectivity index (χ3v) is 3.19. The van der Waals surface area contributed by atoms with Gasteiger partial charge >= 0.3 is 0 Å². The van der Waals surface area contributed by atoms with Crippen molar-refractivity contribution in [3.8, 4) is 0 Å².